The van der Waals surface area contributed by atoms with Gasteiger partial charge in [-0.3, -0.25) is 0 Å². The van der Waals surface area contributed by atoms with Gasteiger partial charge in [-0.2, -0.15) is 0 Å². The molecule has 0 fully saturated rings. The minimum absolute atomic E-state index is 1.12. The van der Waals surface area contributed by atoms with Gasteiger partial charge in [-0.1, -0.05) is 72.8 Å². The van der Waals surface area contributed by atoms with Gasteiger partial charge in [0.05, 0.1) is 11.0 Å². The lowest BCUT2D eigenvalue weighted by Gasteiger charge is -2.09. The third-order valence-corrected chi connectivity index (χ3v) is 4.98. The van der Waals surface area contributed by atoms with Crippen molar-refractivity contribution in [2.24, 2.45) is 0 Å². The largest absolute Gasteiger partial charge is 0.309 e. The number of para-hydroxylation sites is 1. The molecule has 1 aromatic heterocycles. The average Bonchev–Trinajstić information content (AvgIpc) is 3.03. The van der Waals surface area contributed by atoms with Gasteiger partial charge in [0.15, 0.2) is 0 Å². The van der Waals surface area contributed by atoms with Gasteiger partial charge in [0, 0.05) is 16.5 Å². The van der Waals surface area contributed by atoms with E-state index in [4.69, 9.17) is 0 Å². The Labute approximate surface area is 160 Å². The fraction of sp³-hybridized carbons (Fsp3) is 0.0769. The lowest BCUT2D eigenvalue weighted by molar-refractivity contribution is 1.18. The number of aromatic nitrogens is 1. The van der Waals surface area contributed by atoms with Crippen molar-refractivity contribution in [3.8, 4) is 5.69 Å². The lowest BCUT2D eigenvalue weighted by Crippen LogP contribution is -1.94. The zero-order valence-corrected chi connectivity index (χ0v) is 15.8. The van der Waals surface area contributed by atoms with Crippen LogP contribution in [-0.2, 0) is 0 Å². The first-order valence-electron chi connectivity index (χ1n) is 9.29. The Bertz CT molecular complexity index is 1180. The molecule has 132 valence electrons. The van der Waals surface area contributed by atoms with E-state index >= 15 is 0 Å². The third kappa shape index (κ3) is 3.02. The predicted octanol–water partition coefficient (Wildman–Crippen LogP) is 7.24. The van der Waals surface area contributed by atoms with Gasteiger partial charge in [-0.05, 0) is 55.3 Å². The van der Waals surface area contributed by atoms with Crippen LogP contribution in [0.4, 0.5) is 0 Å². The quantitative estimate of drug-likeness (QED) is 0.342. The van der Waals surface area contributed by atoms with Crippen LogP contribution in [0.1, 0.15) is 18.1 Å². The summed E-state index contributed by atoms with van der Waals surface area (Å²) in [6.07, 6.45) is 8.06. The molecule has 0 spiro atoms. The molecule has 3 aromatic carbocycles. The zero-order chi connectivity index (χ0) is 18.8. The van der Waals surface area contributed by atoms with E-state index in [1.165, 1.54) is 38.6 Å². The topological polar surface area (TPSA) is 4.93 Å². The van der Waals surface area contributed by atoms with Crippen molar-refractivity contribution in [2.45, 2.75) is 13.8 Å². The highest BCUT2D eigenvalue weighted by Gasteiger charge is 2.11. The van der Waals surface area contributed by atoms with E-state index in [2.05, 4.69) is 90.9 Å². The minimum atomic E-state index is 1.12. The Morgan fingerprint density at radius 3 is 2.37 bits per heavy atom. The molecule has 1 nitrogen and oxygen atoms in total. The van der Waals surface area contributed by atoms with Gasteiger partial charge in [-0.15, -0.1) is 0 Å². The molecule has 0 bridgehead atoms. The van der Waals surface area contributed by atoms with Gasteiger partial charge in [0.25, 0.3) is 0 Å². The van der Waals surface area contributed by atoms with E-state index in [9.17, 15) is 0 Å². The van der Waals surface area contributed by atoms with E-state index in [1.54, 1.807) is 0 Å². The van der Waals surface area contributed by atoms with Gasteiger partial charge in [-0.25, -0.2) is 0 Å². The molecule has 4 rings (SSSR count). The first-order valence-corrected chi connectivity index (χ1v) is 9.29. The van der Waals surface area contributed by atoms with Crippen molar-refractivity contribution < 1.29 is 0 Å². The molecule has 0 saturated carbocycles. The van der Waals surface area contributed by atoms with Crippen LogP contribution in [0.25, 0.3) is 33.1 Å². The number of hydrogen-bond donors (Lipinski definition) is 0. The molecule has 0 amide bonds. The standard InChI is InChI=1S/C26H23N/c1-4-6-9-20(5-2)21-13-15-22(16-14-21)27-25-11-8-7-10-23(25)24-18-19(3)12-17-26(24)27/h4-18H,2H2,1,3H3/b6-4-,20-9+. The highest BCUT2D eigenvalue weighted by atomic mass is 15.0. The van der Waals surface area contributed by atoms with E-state index in [0.717, 1.165) is 5.57 Å². The van der Waals surface area contributed by atoms with Crippen molar-refractivity contribution in [1.82, 2.24) is 4.57 Å². The summed E-state index contributed by atoms with van der Waals surface area (Å²) in [4.78, 5) is 0. The first-order chi connectivity index (χ1) is 13.2. The maximum atomic E-state index is 3.95. The number of rotatable bonds is 4. The number of fused-ring (bicyclic) bond motifs is 3. The summed E-state index contributed by atoms with van der Waals surface area (Å²) in [5.41, 5.74) is 7.22. The Morgan fingerprint density at radius 2 is 1.63 bits per heavy atom. The average molecular weight is 349 g/mol. The smallest absolute Gasteiger partial charge is 0.0541 e. The van der Waals surface area contributed by atoms with Crippen LogP contribution in [0.3, 0.4) is 0 Å². The van der Waals surface area contributed by atoms with Crippen LogP contribution >= 0.6 is 0 Å². The second-order valence-corrected chi connectivity index (χ2v) is 6.77. The molecule has 0 saturated heterocycles. The van der Waals surface area contributed by atoms with E-state index in [-0.39, 0.29) is 0 Å². The molecular weight excluding hydrogens is 326 g/mol. The Morgan fingerprint density at radius 1 is 0.889 bits per heavy atom. The number of aryl methyl sites for hydroxylation is 1. The summed E-state index contributed by atoms with van der Waals surface area (Å²) >= 11 is 0. The summed E-state index contributed by atoms with van der Waals surface area (Å²) in [5, 5.41) is 2.59. The lowest BCUT2D eigenvalue weighted by atomic mass is 10.0. The SMILES string of the molecule is C=C/C(=C\C=C/C)c1ccc(-n2c3ccccc3c3cc(C)ccc32)cc1. The minimum Gasteiger partial charge on any atom is -0.309 e. The Kier molecular flexibility index (Phi) is 4.52. The van der Waals surface area contributed by atoms with Crippen LogP contribution in [0.5, 0.6) is 0 Å². The molecule has 0 unspecified atom stereocenters. The Hall–Kier alpha value is -3.32. The summed E-state index contributed by atoms with van der Waals surface area (Å²) in [7, 11) is 0. The summed E-state index contributed by atoms with van der Waals surface area (Å²) in [5.74, 6) is 0. The molecule has 1 heteroatoms. The highest BCUT2D eigenvalue weighted by Crippen LogP contribution is 2.32. The van der Waals surface area contributed by atoms with Crippen LogP contribution < -0.4 is 0 Å². The first kappa shape index (κ1) is 17.1. The summed E-state index contributed by atoms with van der Waals surface area (Å²) in [6.45, 7) is 8.11. The number of nitrogens with zero attached hydrogens (tertiary/aromatic N) is 1. The molecule has 0 atom stereocenters. The van der Waals surface area contributed by atoms with Gasteiger partial charge >= 0.3 is 0 Å². The van der Waals surface area contributed by atoms with E-state index in [0.29, 0.717) is 0 Å². The molecular formula is C26H23N. The fourth-order valence-corrected chi connectivity index (χ4v) is 3.65. The number of benzene rings is 3. The second-order valence-electron chi connectivity index (χ2n) is 6.77. The number of hydrogen-bond acceptors (Lipinski definition) is 0. The second kappa shape index (κ2) is 7.13. The molecule has 0 aliphatic carbocycles. The number of allylic oxidation sites excluding steroid dienone is 5. The molecule has 27 heavy (non-hydrogen) atoms. The highest BCUT2D eigenvalue weighted by molar-refractivity contribution is 6.09. The monoisotopic (exact) mass is 349 g/mol. The molecule has 0 N–H and O–H groups in total. The Balaban J connectivity index is 1.91. The van der Waals surface area contributed by atoms with Crippen molar-refractivity contribution in [1.29, 1.82) is 0 Å². The van der Waals surface area contributed by atoms with Crippen molar-refractivity contribution in [3.05, 3.63) is 109 Å². The van der Waals surface area contributed by atoms with E-state index < -0.39 is 0 Å². The van der Waals surface area contributed by atoms with Gasteiger partial charge in [0.1, 0.15) is 0 Å². The molecule has 0 aliphatic heterocycles. The molecule has 0 radical (unpaired) electrons. The molecule has 0 aliphatic rings. The van der Waals surface area contributed by atoms with Gasteiger partial charge < -0.3 is 4.57 Å². The van der Waals surface area contributed by atoms with Crippen molar-refractivity contribution in [3.63, 3.8) is 0 Å². The fourth-order valence-electron chi connectivity index (χ4n) is 3.65. The van der Waals surface area contributed by atoms with Crippen molar-refractivity contribution >= 4 is 27.4 Å². The van der Waals surface area contributed by atoms with E-state index in [1.807, 2.05) is 25.2 Å². The van der Waals surface area contributed by atoms with Crippen molar-refractivity contribution in [2.75, 3.05) is 0 Å². The summed E-state index contributed by atoms with van der Waals surface area (Å²) < 4.78 is 2.34. The normalized spacial score (nSPS) is 12.3. The maximum absolute atomic E-state index is 3.95. The predicted molar refractivity (Wildman–Crippen MR) is 119 cm³/mol. The summed E-state index contributed by atoms with van der Waals surface area (Å²) in [6, 6.07) is 24.0. The van der Waals surface area contributed by atoms with Crippen LogP contribution in [0.2, 0.25) is 0 Å². The van der Waals surface area contributed by atoms with Crippen LogP contribution in [0, 0.1) is 6.92 Å². The van der Waals surface area contributed by atoms with Crippen LogP contribution in [-0.4, -0.2) is 4.57 Å². The third-order valence-electron chi connectivity index (χ3n) is 4.98. The molecule has 4 aromatic rings. The maximum Gasteiger partial charge on any atom is 0.0541 e. The van der Waals surface area contributed by atoms with Crippen LogP contribution in [0.15, 0.2) is 97.6 Å². The zero-order valence-electron chi connectivity index (χ0n) is 15.8. The molecule has 1 heterocycles. The van der Waals surface area contributed by atoms with Gasteiger partial charge in [0.2, 0.25) is 0 Å².